The monoisotopic (exact) mass is 250 g/mol. The lowest BCUT2D eigenvalue weighted by Gasteiger charge is -2.32. The zero-order valence-electron chi connectivity index (χ0n) is 11.2. The van der Waals surface area contributed by atoms with E-state index >= 15 is 0 Å². The van der Waals surface area contributed by atoms with Crippen LogP contribution >= 0.6 is 0 Å². The van der Waals surface area contributed by atoms with Crippen LogP contribution < -0.4 is 14.2 Å². The first kappa shape index (κ1) is 12.7. The third-order valence-electron chi connectivity index (χ3n) is 2.85. The molecule has 0 spiro atoms. The molecule has 0 fully saturated rings. The molecule has 4 heteroatoms. The molecule has 1 heterocycles. The van der Waals surface area contributed by atoms with Crippen LogP contribution in [0.15, 0.2) is 12.1 Å². The van der Waals surface area contributed by atoms with Crippen molar-refractivity contribution in [2.75, 3.05) is 13.7 Å². The number of ketones is 1. The van der Waals surface area contributed by atoms with Crippen LogP contribution in [0.4, 0.5) is 0 Å². The van der Waals surface area contributed by atoms with Crippen molar-refractivity contribution in [3.05, 3.63) is 17.7 Å². The second-order valence-electron chi connectivity index (χ2n) is 4.87. The normalized spacial score (nSPS) is 16.8. The molecule has 18 heavy (non-hydrogen) atoms. The molecule has 0 unspecified atom stereocenters. The third kappa shape index (κ3) is 2.15. The topological polar surface area (TPSA) is 44.8 Å². The predicted octanol–water partition coefficient (Wildman–Crippen LogP) is 2.84. The minimum Gasteiger partial charge on any atom is -0.490 e. The fourth-order valence-electron chi connectivity index (χ4n) is 2.12. The van der Waals surface area contributed by atoms with Gasteiger partial charge in [-0.2, -0.15) is 0 Å². The highest BCUT2D eigenvalue weighted by molar-refractivity contribution is 6.01. The van der Waals surface area contributed by atoms with E-state index in [1.165, 1.54) is 0 Å². The van der Waals surface area contributed by atoms with Crippen LogP contribution in [0.5, 0.6) is 17.2 Å². The number of carbonyl (C=O) groups excluding carboxylic acids is 1. The Morgan fingerprint density at radius 1 is 1.39 bits per heavy atom. The van der Waals surface area contributed by atoms with Gasteiger partial charge in [0.15, 0.2) is 17.3 Å². The minimum atomic E-state index is -0.512. The lowest BCUT2D eigenvalue weighted by atomic mass is 9.93. The summed E-state index contributed by atoms with van der Waals surface area (Å²) < 4.78 is 16.7. The molecule has 1 aliphatic rings. The standard InChI is InChI=1S/C14H18O4/c1-5-17-11-7-6-9-10(15)8-14(2,3)18-12(9)13(11)16-4/h6-7H,5,8H2,1-4H3. The molecule has 1 aliphatic heterocycles. The molecular formula is C14H18O4. The molecule has 0 N–H and O–H groups in total. The van der Waals surface area contributed by atoms with Crippen molar-refractivity contribution in [3.63, 3.8) is 0 Å². The highest BCUT2D eigenvalue weighted by atomic mass is 16.5. The highest BCUT2D eigenvalue weighted by Crippen LogP contribution is 2.45. The van der Waals surface area contributed by atoms with Gasteiger partial charge in [-0.05, 0) is 32.9 Å². The average molecular weight is 250 g/mol. The van der Waals surface area contributed by atoms with Crippen molar-refractivity contribution < 1.29 is 19.0 Å². The second-order valence-corrected chi connectivity index (χ2v) is 4.87. The van der Waals surface area contributed by atoms with Crippen molar-refractivity contribution in [2.24, 2.45) is 0 Å². The van der Waals surface area contributed by atoms with Gasteiger partial charge in [-0.15, -0.1) is 0 Å². The molecule has 1 aromatic rings. The van der Waals surface area contributed by atoms with Gasteiger partial charge in [0.25, 0.3) is 0 Å². The zero-order valence-corrected chi connectivity index (χ0v) is 11.2. The van der Waals surface area contributed by atoms with E-state index in [4.69, 9.17) is 14.2 Å². The number of fused-ring (bicyclic) bond motifs is 1. The molecule has 4 nitrogen and oxygen atoms in total. The molecule has 98 valence electrons. The molecule has 0 bridgehead atoms. The first-order chi connectivity index (χ1) is 8.48. The van der Waals surface area contributed by atoms with Gasteiger partial charge in [0, 0.05) is 0 Å². The number of hydrogen-bond donors (Lipinski definition) is 0. The Bertz CT molecular complexity index is 477. The number of benzene rings is 1. The van der Waals surface area contributed by atoms with Crippen LogP contribution in [0.25, 0.3) is 0 Å². The fraction of sp³-hybridized carbons (Fsp3) is 0.500. The van der Waals surface area contributed by atoms with Crippen LogP contribution in [-0.4, -0.2) is 25.1 Å². The zero-order chi connectivity index (χ0) is 13.3. The van der Waals surface area contributed by atoms with Crippen molar-refractivity contribution in [3.8, 4) is 17.2 Å². The van der Waals surface area contributed by atoms with E-state index in [0.29, 0.717) is 35.8 Å². The SMILES string of the molecule is CCOc1ccc2c(c1OC)OC(C)(C)CC2=O. The van der Waals surface area contributed by atoms with E-state index < -0.39 is 5.60 Å². The van der Waals surface area contributed by atoms with Crippen molar-refractivity contribution >= 4 is 5.78 Å². The fourth-order valence-corrected chi connectivity index (χ4v) is 2.12. The summed E-state index contributed by atoms with van der Waals surface area (Å²) in [6.07, 6.45) is 0.372. The number of ether oxygens (including phenoxy) is 3. The van der Waals surface area contributed by atoms with E-state index in [9.17, 15) is 4.79 Å². The summed E-state index contributed by atoms with van der Waals surface area (Å²) in [5, 5.41) is 0. The Balaban J connectivity index is 2.55. The van der Waals surface area contributed by atoms with Crippen LogP contribution in [0.1, 0.15) is 37.6 Å². The summed E-state index contributed by atoms with van der Waals surface area (Å²) in [7, 11) is 1.55. The first-order valence-electron chi connectivity index (χ1n) is 6.04. The minimum absolute atomic E-state index is 0.0719. The summed E-state index contributed by atoms with van der Waals surface area (Å²) in [6, 6.07) is 3.49. The van der Waals surface area contributed by atoms with Gasteiger partial charge in [-0.1, -0.05) is 0 Å². The first-order valence-corrected chi connectivity index (χ1v) is 6.04. The molecule has 0 amide bonds. The maximum atomic E-state index is 12.1. The molecule has 0 saturated heterocycles. The summed E-state index contributed by atoms with van der Waals surface area (Å²) in [5.41, 5.74) is 0.0528. The maximum Gasteiger partial charge on any atom is 0.204 e. The summed E-state index contributed by atoms with van der Waals surface area (Å²) >= 11 is 0. The third-order valence-corrected chi connectivity index (χ3v) is 2.85. The number of Topliss-reactive ketones (excluding diaryl/α,β-unsaturated/α-hetero) is 1. The molecule has 0 radical (unpaired) electrons. The van der Waals surface area contributed by atoms with Crippen molar-refractivity contribution in [1.82, 2.24) is 0 Å². The molecule has 0 aromatic heterocycles. The lowest BCUT2D eigenvalue weighted by Crippen LogP contribution is -2.36. The van der Waals surface area contributed by atoms with E-state index in [-0.39, 0.29) is 5.78 Å². The van der Waals surface area contributed by atoms with Gasteiger partial charge < -0.3 is 14.2 Å². The van der Waals surface area contributed by atoms with Gasteiger partial charge in [0.1, 0.15) is 5.60 Å². The molecule has 1 aromatic carbocycles. The smallest absolute Gasteiger partial charge is 0.204 e. The van der Waals surface area contributed by atoms with Crippen molar-refractivity contribution in [1.29, 1.82) is 0 Å². The van der Waals surface area contributed by atoms with Crippen LogP contribution in [0, 0.1) is 0 Å². The molecule has 0 atom stereocenters. The van der Waals surface area contributed by atoms with E-state index in [1.807, 2.05) is 20.8 Å². The Morgan fingerprint density at radius 2 is 2.11 bits per heavy atom. The van der Waals surface area contributed by atoms with Gasteiger partial charge in [-0.3, -0.25) is 4.79 Å². The van der Waals surface area contributed by atoms with Crippen molar-refractivity contribution in [2.45, 2.75) is 32.8 Å². The van der Waals surface area contributed by atoms with Gasteiger partial charge in [0.2, 0.25) is 5.75 Å². The largest absolute Gasteiger partial charge is 0.490 e. The Morgan fingerprint density at radius 3 is 2.72 bits per heavy atom. The Hall–Kier alpha value is -1.71. The van der Waals surface area contributed by atoms with E-state index in [1.54, 1.807) is 19.2 Å². The lowest BCUT2D eigenvalue weighted by molar-refractivity contribution is 0.0598. The summed E-state index contributed by atoms with van der Waals surface area (Å²) in [5.74, 6) is 1.66. The van der Waals surface area contributed by atoms with Crippen LogP contribution in [0.2, 0.25) is 0 Å². The molecule has 0 saturated carbocycles. The van der Waals surface area contributed by atoms with Gasteiger partial charge >= 0.3 is 0 Å². The number of hydrogen-bond acceptors (Lipinski definition) is 4. The summed E-state index contributed by atoms with van der Waals surface area (Å²) in [6.45, 7) is 6.21. The molecule has 0 aliphatic carbocycles. The maximum absolute atomic E-state index is 12.1. The summed E-state index contributed by atoms with van der Waals surface area (Å²) in [4.78, 5) is 12.1. The average Bonchev–Trinajstić information content (AvgIpc) is 2.27. The molecular weight excluding hydrogens is 232 g/mol. The quantitative estimate of drug-likeness (QED) is 0.827. The van der Waals surface area contributed by atoms with E-state index in [0.717, 1.165) is 0 Å². The van der Waals surface area contributed by atoms with Crippen LogP contribution in [-0.2, 0) is 0 Å². The Kier molecular flexibility index (Phi) is 3.20. The second kappa shape index (κ2) is 4.52. The van der Waals surface area contributed by atoms with Gasteiger partial charge in [-0.25, -0.2) is 0 Å². The highest BCUT2D eigenvalue weighted by Gasteiger charge is 2.35. The van der Waals surface area contributed by atoms with Gasteiger partial charge in [0.05, 0.1) is 25.7 Å². The van der Waals surface area contributed by atoms with E-state index in [2.05, 4.69) is 0 Å². The number of rotatable bonds is 3. The number of carbonyl (C=O) groups is 1. The number of methoxy groups -OCH3 is 1. The Labute approximate surface area is 107 Å². The molecule has 2 rings (SSSR count). The predicted molar refractivity (Wildman–Crippen MR) is 67.8 cm³/mol. The van der Waals surface area contributed by atoms with Crippen LogP contribution in [0.3, 0.4) is 0 Å².